The average Bonchev–Trinajstić information content (AvgIpc) is 2.62. The van der Waals surface area contributed by atoms with Crippen LogP contribution in [0.5, 0.6) is 0 Å². The highest BCUT2D eigenvalue weighted by atomic mass is 16.1. The highest BCUT2D eigenvalue weighted by Crippen LogP contribution is 2.38. The van der Waals surface area contributed by atoms with Gasteiger partial charge < -0.3 is 0 Å². The van der Waals surface area contributed by atoms with E-state index in [0.29, 0.717) is 11.8 Å². The van der Waals surface area contributed by atoms with E-state index in [0.717, 1.165) is 16.8 Å². The molecule has 3 atom stereocenters. The minimum atomic E-state index is 0.0420. The molecule has 0 saturated heterocycles. The van der Waals surface area contributed by atoms with Crippen LogP contribution in [0.15, 0.2) is 59.2 Å². The number of Topliss-reactive ketones (excluding diaryl/α,β-unsaturated/α-hetero) is 1. The van der Waals surface area contributed by atoms with Crippen molar-refractivity contribution in [1.29, 1.82) is 0 Å². The monoisotopic (exact) mass is 345 g/mol. The van der Waals surface area contributed by atoms with Gasteiger partial charge in [0, 0.05) is 17.5 Å². The third kappa shape index (κ3) is 3.55. The van der Waals surface area contributed by atoms with E-state index in [-0.39, 0.29) is 11.7 Å². The summed E-state index contributed by atoms with van der Waals surface area (Å²) in [7, 11) is 0. The maximum Gasteiger partial charge on any atom is 0.159 e. The van der Waals surface area contributed by atoms with Crippen molar-refractivity contribution in [2.45, 2.75) is 40.5 Å². The molecule has 0 bridgehead atoms. The molecule has 2 nitrogen and oxygen atoms in total. The van der Waals surface area contributed by atoms with Crippen LogP contribution in [0, 0.1) is 25.7 Å². The van der Waals surface area contributed by atoms with E-state index < -0.39 is 0 Å². The standard InChI is InChI=1S/C24H27NO/c1-15-8-6-11-22(18(15)4)24(23-12-16(2)17(3)14-25-23)21-10-7-9-20(13-21)19(5)26/h6-14,16-17,24H,1-5H3. The molecule has 0 aromatic heterocycles. The van der Waals surface area contributed by atoms with E-state index in [1.165, 1.54) is 16.7 Å². The minimum Gasteiger partial charge on any atom is -0.295 e. The Kier molecular flexibility index (Phi) is 5.22. The van der Waals surface area contributed by atoms with Gasteiger partial charge in [0.2, 0.25) is 0 Å². The van der Waals surface area contributed by atoms with Gasteiger partial charge in [0.15, 0.2) is 5.78 Å². The lowest BCUT2D eigenvalue weighted by Gasteiger charge is -2.26. The second kappa shape index (κ2) is 7.41. The van der Waals surface area contributed by atoms with Gasteiger partial charge in [-0.25, -0.2) is 0 Å². The average molecular weight is 345 g/mol. The number of ketones is 1. The van der Waals surface area contributed by atoms with E-state index in [1.807, 2.05) is 18.2 Å². The molecular formula is C24H27NO. The topological polar surface area (TPSA) is 29.4 Å². The Labute approximate surface area is 156 Å². The fourth-order valence-corrected chi connectivity index (χ4v) is 3.51. The molecule has 1 heterocycles. The largest absolute Gasteiger partial charge is 0.295 e. The van der Waals surface area contributed by atoms with Crippen molar-refractivity contribution in [2.75, 3.05) is 0 Å². The van der Waals surface area contributed by atoms with Crippen LogP contribution in [-0.4, -0.2) is 12.0 Å². The zero-order valence-electron chi connectivity index (χ0n) is 16.3. The summed E-state index contributed by atoms with van der Waals surface area (Å²) in [6.45, 7) is 10.4. The number of nitrogens with zero attached hydrogens (tertiary/aromatic N) is 1. The number of aryl methyl sites for hydroxylation is 1. The smallest absolute Gasteiger partial charge is 0.159 e. The summed E-state index contributed by atoms with van der Waals surface area (Å²) in [6.07, 6.45) is 4.35. The molecule has 0 saturated carbocycles. The molecule has 0 aliphatic carbocycles. The van der Waals surface area contributed by atoms with Crippen LogP contribution in [0.4, 0.5) is 0 Å². The molecule has 0 radical (unpaired) electrons. The first-order valence-electron chi connectivity index (χ1n) is 9.31. The van der Waals surface area contributed by atoms with Gasteiger partial charge in [-0.15, -0.1) is 0 Å². The number of aliphatic imine (C=N–C) groups is 1. The van der Waals surface area contributed by atoms with E-state index in [4.69, 9.17) is 4.99 Å². The fraction of sp³-hybridized carbons (Fsp3) is 0.333. The van der Waals surface area contributed by atoms with Gasteiger partial charge >= 0.3 is 0 Å². The maximum atomic E-state index is 11.9. The first-order valence-corrected chi connectivity index (χ1v) is 9.31. The van der Waals surface area contributed by atoms with Crippen molar-refractivity contribution >= 4 is 12.0 Å². The third-order valence-electron chi connectivity index (χ3n) is 5.60. The molecule has 1 aliphatic rings. The number of hydrogen-bond acceptors (Lipinski definition) is 2. The second-order valence-corrected chi connectivity index (χ2v) is 7.49. The summed E-state index contributed by atoms with van der Waals surface area (Å²) >= 11 is 0. The molecule has 0 spiro atoms. The molecule has 134 valence electrons. The first-order chi connectivity index (χ1) is 12.4. The predicted octanol–water partition coefficient (Wildman–Crippen LogP) is 5.88. The highest BCUT2D eigenvalue weighted by molar-refractivity contribution is 5.94. The SMILES string of the molecule is CC(=O)c1cccc(C(C2=CC(C)C(C)C=N2)c2cccc(C)c2C)c1. The van der Waals surface area contributed by atoms with Gasteiger partial charge in [0.05, 0.1) is 5.92 Å². The van der Waals surface area contributed by atoms with E-state index in [1.54, 1.807) is 6.92 Å². The minimum absolute atomic E-state index is 0.0420. The van der Waals surface area contributed by atoms with Crippen molar-refractivity contribution in [3.63, 3.8) is 0 Å². The molecule has 3 unspecified atom stereocenters. The van der Waals surface area contributed by atoms with Crippen molar-refractivity contribution in [2.24, 2.45) is 16.8 Å². The van der Waals surface area contributed by atoms with Crippen LogP contribution in [-0.2, 0) is 0 Å². The van der Waals surface area contributed by atoms with Gasteiger partial charge in [-0.3, -0.25) is 9.79 Å². The summed E-state index contributed by atoms with van der Waals surface area (Å²) < 4.78 is 0. The molecule has 1 aliphatic heterocycles. The Hall–Kier alpha value is -2.48. The zero-order valence-corrected chi connectivity index (χ0v) is 16.3. The van der Waals surface area contributed by atoms with E-state index in [2.05, 4.69) is 64.3 Å². The van der Waals surface area contributed by atoms with Crippen LogP contribution < -0.4 is 0 Å². The van der Waals surface area contributed by atoms with Crippen LogP contribution in [0.3, 0.4) is 0 Å². The van der Waals surface area contributed by atoms with E-state index in [9.17, 15) is 4.79 Å². The van der Waals surface area contributed by atoms with Gasteiger partial charge in [0.1, 0.15) is 0 Å². The quantitative estimate of drug-likeness (QED) is 0.636. The molecule has 2 aromatic carbocycles. The van der Waals surface area contributed by atoms with Crippen molar-refractivity contribution in [3.05, 3.63) is 82.1 Å². The second-order valence-electron chi connectivity index (χ2n) is 7.49. The lowest BCUT2D eigenvalue weighted by atomic mass is 9.81. The summed E-state index contributed by atoms with van der Waals surface area (Å²) in [5.74, 6) is 1.03. The normalized spacial score (nSPS) is 20.6. The number of benzene rings is 2. The molecule has 3 rings (SSSR count). The van der Waals surface area contributed by atoms with Crippen molar-refractivity contribution in [1.82, 2.24) is 0 Å². The Balaban J connectivity index is 2.19. The lowest BCUT2D eigenvalue weighted by molar-refractivity contribution is 0.101. The first kappa shape index (κ1) is 18.3. The molecular weight excluding hydrogens is 318 g/mol. The molecule has 0 fully saturated rings. The predicted molar refractivity (Wildman–Crippen MR) is 109 cm³/mol. The Morgan fingerprint density at radius 3 is 2.46 bits per heavy atom. The van der Waals surface area contributed by atoms with Crippen LogP contribution in [0.25, 0.3) is 0 Å². The van der Waals surface area contributed by atoms with Gasteiger partial charge in [-0.2, -0.15) is 0 Å². The molecule has 0 N–H and O–H groups in total. The summed E-state index contributed by atoms with van der Waals surface area (Å²) in [6, 6.07) is 14.4. The highest BCUT2D eigenvalue weighted by Gasteiger charge is 2.25. The lowest BCUT2D eigenvalue weighted by Crippen LogP contribution is -2.16. The van der Waals surface area contributed by atoms with Gasteiger partial charge in [-0.1, -0.05) is 56.3 Å². The molecule has 0 amide bonds. The number of hydrogen-bond donors (Lipinski definition) is 0. The Morgan fingerprint density at radius 2 is 1.77 bits per heavy atom. The molecule has 2 heteroatoms. The molecule has 26 heavy (non-hydrogen) atoms. The maximum absolute atomic E-state index is 11.9. The Bertz CT molecular complexity index is 891. The summed E-state index contributed by atoms with van der Waals surface area (Å²) in [5, 5.41) is 0. The van der Waals surface area contributed by atoms with Crippen LogP contribution in [0.2, 0.25) is 0 Å². The number of carbonyl (C=O) groups is 1. The van der Waals surface area contributed by atoms with Crippen molar-refractivity contribution in [3.8, 4) is 0 Å². The van der Waals surface area contributed by atoms with Crippen molar-refractivity contribution < 1.29 is 4.79 Å². The molecule has 2 aromatic rings. The fourth-order valence-electron chi connectivity index (χ4n) is 3.51. The zero-order chi connectivity index (χ0) is 18.8. The number of carbonyl (C=O) groups excluding carboxylic acids is 1. The number of rotatable bonds is 4. The van der Waals surface area contributed by atoms with Gasteiger partial charge in [0.25, 0.3) is 0 Å². The summed E-state index contributed by atoms with van der Waals surface area (Å²) in [5.41, 5.74) is 6.77. The van der Waals surface area contributed by atoms with Crippen LogP contribution in [0.1, 0.15) is 59.3 Å². The van der Waals surface area contributed by atoms with Gasteiger partial charge in [-0.05, 0) is 60.9 Å². The number of allylic oxidation sites excluding steroid dienone is 2. The Morgan fingerprint density at radius 1 is 1.04 bits per heavy atom. The van der Waals surface area contributed by atoms with Crippen LogP contribution >= 0.6 is 0 Å². The van der Waals surface area contributed by atoms with E-state index >= 15 is 0 Å². The third-order valence-corrected chi connectivity index (χ3v) is 5.60. The summed E-state index contributed by atoms with van der Waals surface area (Å²) in [4.78, 5) is 16.7.